The maximum Gasteiger partial charge on any atom is 0.154 e. The van der Waals surface area contributed by atoms with E-state index in [1.165, 1.54) is 7.11 Å². The molecule has 5 heteroatoms. The van der Waals surface area contributed by atoms with Crippen molar-refractivity contribution in [1.29, 1.82) is 5.26 Å². The number of ether oxygens (including phenoxy) is 1. The van der Waals surface area contributed by atoms with Crippen LogP contribution in [0.25, 0.3) is 10.6 Å². The molecule has 0 saturated carbocycles. The first-order chi connectivity index (χ1) is 7.74. The first-order valence-electron chi connectivity index (χ1n) is 4.43. The third-order valence-corrected chi connectivity index (χ3v) is 3.74. The maximum absolute atomic E-state index is 8.96. The Morgan fingerprint density at radius 2 is 2.31 bits per heavy atom. The summed E-state index contributed by atoms with van der Waals surface area (Å²) in [6, 6.07) is 5.80. The van der Waals surface area contributed by atoms with Gasteiger partial charge in [0.05, 0.1) is 29.4 Å². The third-order valence-electron chi connectivity index (χ3n) is 2.03. The van der Waals surface area contributed by atoms with E-state index in [1.54, 1.807) is 23.6 Å². The molecule has 2 aromatic heterocycles. The van der Waals surface area contributed by atoms with Crippen molar-refractivity contribution in [3.8, 4) is 22.4 Å². The van der Waals surface area contributed by atoms with Gasteiger partial charge in [0, 0.05) is 9.85 Å². The zero-order chi connectivity index (χ0) is 11.5. The van der Waals surface area contributed by atoms with Crippen molar-refractivity contribution < 1.29 is 4.74 Å². The highest BCUT2D eigenvalue weighted by Crippen LogP contribution is 2.30. The molecule has 0 aliphatic rings. The average Bonchev–Trinajstić information content (AvgIpc) is 2.75. The number of methoxy groups -OCH3 is 1. The highest BCUT2D eigenvalue weighted by molar-refractivity contribution is 9.10. The molecular weight excluding hydrogens is 288 g/mol. The molecule has 0 N–H and O–H groups in total. The van der Waals surface area contributed by atoms with Gasteiger partial charge in [0.1, 0.15) is 6.07 Å². The van der Waals surface area contributed by atoms with E-state index in [9.17, 15) is 0 Å². The second-order valence-electron chi connectivity index (χ2n) is 3.01. The quantitative estimate of drug-likeness (QED) is 0.852. The SMILES string of the molecule is COc1cnc(-c2cc(Br)cs2)cc1C#N. The van der Waals surface area contributed by atoms with E-state index < -0.39 is 0 Å². The van der Waals surface area contributed by atoms with Gasteiger partial charge in [-0.1, -0.05) is 0 Å². The molecule has 2 aromatic rings. The first-order valence-corrected chi connectivity index (χ1v) is 6.10. The predicted molar refractivity (Wildman–Crippen MR) is 66.5 cm³/mol. The lowest BCUT2D eigenvalue weighted by Gasteiger charge is -2.03. The van der Waals surface area contributed by atoms with Crippen molar-refractivity contribution >= 4 is 27.3 Å². The van der Waals surface area contributed by atoms with Crippen LogP contribution in [-0.2, 0) is 0 Å². The molecule has 0 saturated heterocycles. The second-order valence-corrected chi connectivity index (χ2v) is 4.84. The Bertz CT molecular complexity index is 559. The topological polar surface area (TPSA) is 45.9 Å². The average molecular weight is 295 g/mol. The second kappa shape index (κ2) is 4.64. The van der Waals surface area contributed by atoms with E-state index in [-0.39, 0.29) is 0 Å². The molecule has 16 heavy (non-hydrogen) atoms. The molecule has 0 amide bonds. The zero-order valence-corrected chi connectivity index (χ0v) is 10.8. The number of rotatable bonds is 2. The van der Waals surface area contributed by atoms with Gasteiger partial charge in [-0.3, -0.25) is 4.98 Å². The Morgan fingerprint density at radius 3 is 2.88 bits per heavy atom. The molecule has 0 bridgehead atoms. The maximum atomic E-state index is 8.96. The minimum Gasteiger partial charge on any atom is -0.494 e. The molecule has 80 valence electrons. The van der Waals surface area contributed by atoms with E-state index >= 15 is 0 Å². The van der Waals surface area contributed by atoms with Crippen molar-refractivity contribution in [2.75, 3.05) is 7.11 Å². The van der Waals surface area contributed by atoms with Gasteiger partial charge in [-0.25, -0.2) is 0 Å². The summed E-state index contributed by atoms with van der Waals surface area (Å²) in [6.45, 7) is 0. The smallest absolute Gasteiger partial charge is 0.154 e. The van der Waals surface area contributed by atoms with Crippen LogP contribution in [0.15, 0.2) is 28.2 Å². The van der Waals surface area contributed by atoms with E-state index in [4.69, 9.17) is 10.00 Å². The van der Waals surface area contributed by atoms with Gasteiger partial charge in [0.25, 0.3) is 0 Å². The molecule has 0 radical (unpaired) electrons. The van der Waals surface area contributed by atoms with Crippen LogP contribution < -0.4 is 4.74 Å². The number of nitrogens with zero attached hydrogens (tertiary/aromatic N) is 2. The zero-order valence-electron chi connectivity index (χ0n) is 8.40. The fourth-order valence-corrected chi connectivity index (χ4v) is 2.67. The Kier molecular flexibility index (Phi) is 3.22. The summed E-state index contributed by atoms with van der Waals surface area (Å²) in [7, 11) is 1.53. The molecule has 0 unspecified atom stereocenters. The Morgan fingerprint density at radius 1 is 1.50 bits per heavy atom. The van der Waals surface area contributed by atoms with Crippen LogP contribution in [0, 0.1) is 11.3 Å². The highest BCUT2D eigenvalue weighted by atomic mass is 79.9. The number of pyridine rings is 1. The molecule has 0 aromatic carbocycles. The lowest BCUT2D eigenvalue weighted by atomic mass is 10.2. The first kappa shape index (κ1) is 11.1. The normalized spacial score (nSPS) is 9.81. The lowest BCUT2D eigenvalue weighted by molar-refractivity contribution is 0.411. The fraction of sp³-hybridized carbons (Fsp3) is 0.0909. The Labute approximate surface area is 105 Å². The molecule has 0 fully saturated rings. The molecule has 0 aliphatic carbocycles. The summed E-state index contributed by atoms with van der Waals surface area (Å²) < 4.78 is 6.06. The summed E-state index contributed by atoms with van der Waals surface area (Å²) in [5.41, 5.74) is 1.28. The summed E-state index contributed by atoms with van der Waals surface area (Å²) >= 11 is 4.96. The summed E-state index contributed by atoms with van der Waals surface area (Å²) in [5.74, 6) is 0.502. The van der Waals surface area contributed by atoms with E-state index in [1.807, 2.05) is 11.4 Å². The van der Waals surface area contributed by atoms with Crippen LogP contribution in [0.2, 0.25) is 0 Å². The molecule has 0 aliphatic heterocycles. The number of aromatic nitrogens is 1. The number of hydrogen-bond donors (Lipinski definition) is 0. The molecule has 0 atom stereocenters. The molecule has 2 rings (SSSR count). The summed E-state index contributed by atoms with van der Waals surface area (Å²) in [5, 5.41) is 10.9. The van der Waals surface area contributed by atoms with Crippen molar-refractivity contribution in [2.24, 2.45) is 0 Å². The Balaban J connectivity index is 2.48. The molecular formula is C11H7BrN2OS. The number of thiophene rings is 1. The van der Waals surface area contributed by atoms with Gasteiger partial charge in [-0.2, -0.15) is 5.26 Å². The van der Waals surface area contributed by atoms with Crippen LogP contribution >= 0.6 is 27.3 Å². The Hall–Kier alpha value is -1.38. The highest BCUT2D eigenvalue weighted by Gasteiger charge is 2.08. The van der Waals surface area contributed by atoms with Gasteiger partial charge in [-0.15, -0.1) is 11.3 Å². The number of halogens is 1. The van der Waals surface area contributed by atoms with Gasteiger partial charge in [-0.05, 0) is 28.1 Å². The molecule has 0 spiro atoms. The van der Waals surface area contributed by atoms with E-state index in [0.29, 0.717) is 11.3 Å². The lowest BCUT2D eigenvalue weighted by Crippen LogP contribution is -1.90. The van der Waals surface area contributed by atoms with Crippen molar-refractivity contribution in [3.05, 3.63) is 33.7 Å². The van der Waals surface area contributed by atoms with Crippen LogP contribution in [0.3, 0.4) is 0 Å². The summed E-state index contributed by atoms with van der Waals surface area (Å²) in [6.07, 6.45) is 1.57. The largest absolute Gasteiger partial charge is 0.494 e. The number of nitriles is 1. The van der Waals surface area contributed by atoms with Crippen LogP contribution in [0.1, 0.15) is 5.56 Å². The minimum atomic E-state index is 0.497. The van der Waals surface area contributed by atoms with Crippen molar-refractivity contribution in [2.45, 2.75) is 0 Å². The monoisotopic (exact) mass is 294 g/mol. The van der Waals surface area contributed by atoms with Crippen molar-refractivity contribution in [1.82, 2.24) is 4.98 Å². The third kappa shape index (κ3) is 2.08. The van der Waals surface area contributed by atoms with Gasteiger partial charge >= 0.3 is 0 Å². The molecule has 3 nitrogen and oxygen atoms in total. The van der Waals surface area contributed by atoms with Crippen LogP contribution in [0.4, 0.5) is 0 Å². The summed E-state index contributed by atoms with van der Waals surface area (Å²) in [4.78, 5) is 5.27. The predicted octanol–water partition coefficient (Wildman–Crippen LogP) is 3.45. The number of hydrogen-bond acceptors (Lipinski definition) is 4. The van der Waals surface area contributed by atoms with Gasteiger partial charge < -0.3 is 4.74 Å². The van der Waals surface area contributed by atoms with Crippen LogP contribution in [0.5, 0.6) is 5.75 Å². The van der Waals surface area contributed by atoms with Gasteiger partial charge in [0.2, 0.25) is 0 Å². The van der Waals surface area contributed by atoms with Crippen LogP contribution in [-0.4, -0.2) is 12.1 Å². The fourth-order valence-electron chi connectivity index (χ4n) is 1.27. The van der Waals surface area contributed by atoms with E-state index in [2.05, 4.69) is 27.0 Å². The van der Waals surface area contributed by atoms with Gasteiger partial charge in [0.15, 0.2) is 5.75 Å². The minimum absolute atomic E-state index is 0.497. The van der Waals surface area contributed by atoms with E-state index in [0.717, 1.165) is 15.0 Å². The van der Waals surface area contributed by atoms with Crippen molar-refractivity contribution in [3.63, 3.8) is 0 Å². The molecule has 2 heterocycles. The standard InChI is InChI=1S/C11H7BrN2OS/c1-15-10-5-14-9(2-7(10)4-13)11-3-8(12)6-16-11/h2-3,5-6H,1H3.